The second-order valence-corrected chi connectivity index (χ2v) is 9.87. The highest BCUT2D eigenvalue weighted by Crippen LogP contribution is 2.27. The number of thiazole rings is 1. The molecule has 3 aromatic rings. The third-order valence-corrected chi connectivity index (χ3v) is 6.81. The number of aryl methyl sites for hydroxylation is 3. The third kappa shape index (κ3) is 5.01. The van der Waals surface area contributed by atoms with Crippen LogP contribution < -0.4 is 4.90 Å². The summed E-state index contributed by atoms with van der Waals surface area (Å²) in [5.74, 6) is 1.82. The molecule has 0 bridgehead atoms. The lowest BCUT2D eigenvalue weighted by molar-refractivity contribution is 0.366. The van der Waals surface area contributed by atoms with E-state index >= 15 is 0 Å². The standard InChI is InChI=1S/C25H33N5S/c1-18(2)9-10-23-16-25(27-28(23)5)30-13-11-29(12-14-30)19(3)21-7-6-8-22(15-21)24-17-31-20(4)26-24/h6-8,15-18H,3,9-14H2,1-2,4-5H3. The highest BCUT2D eigenvalue weighted by molar-refractivity contribution is 7.09. The zero-order valence-electron chi connectivity index (χ0n) is 19.1. The van der Waals surface area contributed by atoms with Crippen molar-refractivity contribution in [1.82, 2.24) is 19.7 Å². The summed E-state index contributed by atoms with van der Waals surface area (Å²) < 4.78 is 2.05. The van der Waals surface area contributed by atoms with Gasteiger partial charge in [0.25, 0.3) is 0 Å². The van der Waals surface area contributed by atoms with Crippen molar-refractivity contribution in [3.63, 3.8) is 0 Å². The first-order chi connectivity index (χ1) is 14.9. The van der Waals surface area contributed by atoms with Crippen LogP contribution in [0, 0.1) is 12.8 Å². The van der Waals surface area contributed by atoms with Gasteiger partial charge in [-0.3, -0.25) is 4.68 Å². The van der Waals surface area contributed by atoms with Crippen LogP contribution in [0.5, 0.6) is 0 Å². The predicted octanol–water partition coefficient (Wildman–Crippen LogP) is 5.23. The minimum Gasteiger partial charge on any atom is -0.368 e. The van der Waals surface area contributed by atoms with Crippen molar-refractivity contribution < 1.29 is 0 Å². The molecule has 164 valence electrons. The lowest BCUT2D eigenvalue weighted by atomic mass is 10.1. The van der Waals surface area contributed by atoms with Crippen LogP contribution in [0.2, 0.25) is 0 Å². The summed E-state index contributed by atoms with van der Waals surface area (Å²) >= 11 is 1.69. The van der Waals surface area contributed by atoms with Gasteiger partial charge in [0, 0.05) is 61.6 Å². The molecule has 0 unspecified atom stereocenters. The van der Waals surface area contributed by atoms with Gasteiger partial charge in [-0.1, -0.05) is 38.6 Å². The average molecular weight is 436 g/mol. The molecular formula is C25H33N5S. The Kier molecular flexibility index (Phi) is 6.46. The van der Waals surface area contributed by atoms with Crippen LogP contribution in [0.3, 0.4) is 0 Å². The molecule has 31 heavy (non-hydrogen) atoms. The Bertz CT molecular complexity index is 1040. The quantitative estimate of drug-likeness (QED) is 0.509. The Morgan fingerprint density at radius 3 is 2.61 bits per heavy atom. The van der Waals surface area contributed by atoms with Crippen molar-refractivity contribution in [2.45, 2.75) is 33.6 Å². The Hall–Kier alpha value is -2.60. The normalized spacial score (nSPS) is 14.5. The fraction of sp³-hybridized carbons (Fsp3) is 0.440. The van der Waals surface area contributed by atoms with Gasteiger partial charge in [0.1, 0.15) is 0 Å². The van der Waals surface area contributed by atoms with Gasteiger partial charge in [-0.2, -0.15) is 5.10 Å². The number of aromatic nitrogens is 3. The molecule has 0 atom stereocenters. The van der Waals surface area contributed by atoms with Crippen molar-refractivity contribution in [3.8, 4) is 11.3 Å². The van der Waals surface area contributed by atoms with Gasteiger partial charge in [-0.25, -0.2) is 4.98 Å². The number of nitrogens with zero attached hydrogens (tertiary/aromatic N) is 5. The molecule has 0 radical (unpaired) electrons. The molecule has 1 fully saturated rings. The van der Waals surface area contributed by atoms with Crippen molar-refractivity contribution in [2.75, 3.05) is 31.1 Å². The van der Waals surface area contributed by atoms with Crippen LogP contribution in [0.1, 0.15) is 36.5 Å². The zero-order valence-corrected chi connectivity index (χ0v) is 20.0. The summed E-state index contributed by atoms with van der Waals surface area (Å²) in [6.45, 7) is 14.8. The number of hydrogen-bond donors (Lipinski definition) is 0. The Morgan fingerprint density at radius 2 is 1.94 bits per heavy atom. The molecule has 1 aliphatic heterocycles. The smallest absolute Gasteiger partial charge is 0.150 e. The summed E-state index contributed by atoms with van der Waals surface area (Å²) in [5.41, 5.74) is 5.79. The molecule has 0 spiro atoms. The van der Waals surface area contributed by atoms with E-state index in [2.05, 4.69) is 82.7 Å². The largest absolute Gasteiger partial charge is 0.368 e. The molecule has 1 aromatic carbocycles. The molecule has 2 aromatic heterocycles. The van der Waals surface area contributed by atoms with Crippen molar-refractivity contribution in [1.29, 1.82) is 0 Å². The second kappa shape index (κ2) is 9.27. The minimum atomic E-state index is 0.714. The summed E-state index contributed by atoms with van der Waals surface area (Å²) in [7, 11) is 2.06. The Morgan fingerprint density at radius 1 is 1.16 bits per heavy atom. The SMILES string of the molecule is C=C(c1cccc(-c2csc(C)n2)c1)N1CCN(c2cc(CCC(C)C)n(C)n2)CC1. The number of benzene rings is 1. The first-order valence-corrected chi connectivity index (χ1v) is 12.0. The number of rotatable bonds is 7. The summed E-state index contributed by atoms with van der Waals surface area (Å²) in [5, 5.41) is 8.00. The maximum atomic E-state index is 4.78. The molecule has 1 aliphatic rings. The Balaban J connectivity index is 1.39. The zero-order chi connectivity index (χ0) is 22.0. The molecule has 4 rings (SSSR count). The van der Waals surface area contributed by atoms with E-state index in [4.69, 9.17) is 5.10 Å². The van der Waals surface area contributed by atoms with Crippen LogP contribution in [0.15, 0.2) is 42.3 Å². The van der Waals surface area contributed by atoms with E-state index in [-0.39, 0.29) is 0 Å². The molecule has 3 heterocycles. The van der Waals surface area contributed by atoms with E-state index in [1.165, 1.54) is 17.7 Å². The molecule has 5 nitrogen and oxygen atoms in total. The third-order valence-electron chi connectivity index (χ3n) is 6.04. The fourth-order valence-electron chi connectivity index (χ4n) is 4.06. The van der Waals surface area contributed by atoms with Crippen LogP contribution in [-0.2, 0) is 13.5 Å². The van der Waals surface area contributed by atoms with Crippen molar-refractivity contribution in [2.24, 2.45) is 13.0 Å². The van der Waals surface area contributed by atoms with Gasteiger partial charge >= 0.3 is 0 Å². The lowest BCUT2D eigenvalue weighted by Crippen LogP contribution is -2.45. The maximum Gasteiger partial charge on any atom is 0.150 e. The lowest BCUT2D eigenvalue weighted by Gasteiger charge is -2.37. The highest BCUT2D eigenvalue weighted by Gasteiger charge is 2.21. The van der Waals surface area contributed by atoms with Gasteiger partial charge in [0.05, 0.1) is 10.7 Å². The number of anilines is 1. The van der Waals surface area contributed by atoms with Crippen molar-refractivity contribution >= 4 is 22.9 Å². The van der Waals surface area contributed by atoms with Gasteiger partial charge < -0.3 is 9.80 Å². The summed E-state index contributed by atoms with van der Waals surface area (Å²) in [4.78, 5) is 9.42. The van der Waals surface area contributed by atoms with E-state index in [1.54, 1.807) is 11.3 Å². The molecule has 0 saturated carbocycles. The van der Waals surface area contributed by atoms with E-state index in [1.807, 2.05) is 6.92 Å². The maximum absolute atomic E-state index is 4.78. The van der Waals surface area contributed by atoms with Crippen LogP contribution in [0.25, 0.3) is 17.0 Å². The van der Waals surface area contributed by atoms with E-state index in [9.17, 15) is 0 Å². The summed E-state index contributed by atoms with van der Waals surface area (Å²) in [6, 6.07) is 10.9. The monoisotopic (exact) mass is 435 g/mol. The van der Waals surface area contributed by atoms with Gasteiger partial charge in [-0.15, -0.1) is 11.3 Å². The van der Waals surface area contributed by atoms with E-state index < -0.39 is 0 Å². The molecule has 0 aliphatic carbocycles. The second-order valence-electron chi connectivity index (χ2n) is 8.80. The van der Waals surface area contributed by atoms with Gasteiger partial charge in [-0.05, 0) is 37.3 Å². The average Bonchev–Trinajstić information content (AvgIpc) is 3.37. The molecule has 1 saturated heterocycles. The highest BCUT2D eigenvalue weighted by atomic mass is 32.1. The summed E-state index contributed by atoms with van der Waals surface area (Å²) in [6.07, 6.45) is 2.29. The molecule has 6 heteroatoms. The topological polar surface area (TPSA) is 37.2 Å². The first kappa shape index (κ1) is 21.6. The minimum absolute atomic E-state index is 0.714. The van der Waals surface area contributed by atoms with E-state index in [0.717, 1.165) is 60.4 Å². The first-order valence-electron chi connectivity index (χ1n) is 11.2. The van der Waals surface area contributed by atoms with Gasteiger partial charge in [0.15, 0.2) is 5.82 Å². The number of hydrogen-bond acceptors (Lipinski definition) is 5. The van der Waals surface area contributed by atoms with Crippen LogP contribution in [0.4, 0.5) is 5.82 Å². The van der Waals surface area contributed by atoms with E-state index in [0.29, 0.717) is 5.92 Å². The van der Waals surface area contributed by atoms with Crippen LogP contribution in [-0.4, -0.2) is 45.8 Å². The predicted molar refractivity (Wildman–Crippen MR) is 131 cm³/mol. The Labute approximate surface area is 190 Å². The fourth-order valence-corrected chi connectivity index (χ4v) is 4.68. The van der Waals surface area contributed by atoms with Crippen LogP contribution >= 0.6 is 11.3 Å². The van der Waals surface area contributed by atoms with Crippen molar-refractivity contribution in [3.05, 3.63) is 58.6 Å². The number of piperazine rings is 1. The molecule has 0 N–H and O–H groups in total. The molecule has 0 amide bonds. The van der Waals surface area contributed by atoms with Gasteiger partial charge in [0.2, 0.25) is 0 Å². The molecular weight excluding hydrogens is 402 g/mol.